The standard InChI is InChI=1S/C29H31N9O/c1-37-10-8-20(9-11-37)12-23-16-34-28(35-17-23)24-6-2-5-22(13-24)19-38(32)29-27(31)33-18-26(36-29)39-25-7-3-4-21(14-25)15-30/h2-7,13-14,16-18,20H,8-12,19,32H2,1H3,(H2,31,33). The molecule has 0 radical (unpaired) electrons. The van der Waals surface area contributed by atoms with Gasteiger partial charge in [-0.2, -0.15) is 10.2 Å². The number of nitrogens with zero attached hydrogens (tertiary/aromatic N) is 7. The van der Waals surface area contributed by atoms with E-state index in [1.54, 1.807) is 24.3 Å². The number of piperidine rings is 1. The average Bonchev–Trinajstić information content (AvgIpc) is 2.96. The van der Waals surface area contributed by atoms with Crippen molar-refractivity contribution in [3.63, 3.8) is 0 Å². The van der Waals surface area contributed by atoms with E-state index in [0.29, 0.717) is 29.6 Å². The van der Waals surface area contributed by atoms with Gasteiger partial charge in [0.25, 0.3) is 0 Å². The fourth-order valence-electron chi connectivity index (χ4n) is 4.67. The maximum Gasteiger partial charge on any atom is 0.240 e. The number of likely N-dealkylation sites (tertiary alicyclic amines) is 1. The molecule has 4 N–H and O–H groups in total. The van der Waals surface area contributed by atoms with Crippen LogP contribution in [-0.2, 0) is 13.0 Å². The molecule has 1 saturated heterocycles. The molecule has 10 heteroatoms. The third-order valence-corrected chi connectivity index (χ3v) is 6.82. The van der Waals surface area contributed by atoms with Crippen LogP contribution in [0.25, 0.3) is 11.4 Å². The lowest BCUT2D eigenvalue weighted by atomic mass is 9.91. The lowest BCUT2D eigenvalue weighted by Gasteiger charge is -2.28. The highest BCUT2D eigenvalue weighted by atomic mass is 16.5. The van der Waals surface area contributed by atoms with E-state index in [1.807, 2.05) is 36.7 Å². The third kappa shape index (κ3) is 6.65. The Labute approximate surface area is 227 Å². The molecule has 1 aliphatic rings. The number of ether oxygens (including phenoxy) is 1. The summed E-state index contributed by atoms with van der Waals surface area (Å²) in [5, 5.41) is 10.5. The summed E-state index contributed by atoms with van der Waals surface area (Å²) in [6, 6.07) is 16.8. The summed E-state index contributed by atoms with van der Waals surface area (Å²) in [6.45, 7) is 2.63. The topological polar surface area (TPSA) is 143 Å². The number of hydrazine groups is 1. The van der Waals surface area contributed by atoms with Crippen LogP contribution in [0.2, 0.25) is 0 Å². The molecule has 198 valence electrons. The molecule has 0 saturated carbocycles. The quantitative estimate of drug-likeness (QED) is 0.258. The van der Waals surface area contributed by atoms with E-state index in [4.69, 9.17) is 21.6 Å². The van der Waals surface area contributed by atoms with Crippen LogP contribution in [0.1, 0.15) is 29.5 Å². The zero-order chi connectivity index (χ0) is 27.2. The summed E-state index contributed by atoms with van der Waals surface area (Å²) in [7, 11) is 2.18. The van der Waals surface area contributed by atoms with Crippen LogP contribution in [-0.4, -0.2) is 45.0 Å². The molecule has 0 atom stereocenters. The number of hydrogen-bond acceptors (Lipinski definition) is 10. The Bertz CT molecular complexity index is 1460. The third-order valence-electron chi connectivity index (χ3n) is 6.82. The van der Waals surface area contributed by atoms with Crippen molar-refractivity contribution in [2.45, 2.75) is 25.8 Å². The second-order valence-electron chi connectivity index (χ2n) is 9.85. The van der Waals surface area contributed by atoms with E-state index < -0.39 is 0 Å². The van der Waals surface area contributed by atoms with Gasteiger partial charge in [-0.1, -0.05) is 24.3 Å². The fraction of sp³-hybridized carbons (Fsp3) is 0.276. The Morgan fingerprint density at radius 1 is 1.03 bits per heavy atom. The normalized spacial score (nSPS) is 14.1. The van der Waals surface area contributed by atoms with E-state index in [1.165, 1.54) is 29.6 Å². The van der Waals surface area contributed by atoms with Crippen LogP contribution < -0.4 is 21.3 Å². The first-order valence-corrected chi connectivity index (χ1v) is 12.9. The molecular formula is C29H31N9O. The van der Waals surface area contributed by atoms with E-state index in [0.717, 1.165) is 30.6 Å². The first kappa shape index (κ1) is 26.0. The minimum Gasteiger partial charge on any atom is -0.437 e. The molecular weight excluding hydrogens is 490 g/mol. The summed E-state index contributed by atoms with van der Waals surface area (Å²) in [6.07, 6.45) is 8.75. The van der Waals surface area contributed by atoms with Crippen LogP contribution in [0.5, 0.6) is 11.6 Å². The highest BCUT2D eigenvalue weighted by Gasteiger charge is 2.18. The molecule has 0 aliphatic carbocycles. The zero-order valence-electron chi connectivity index (χ0n) is 21.9. The molecule has 1 fully saturated rings. The Hall–Kier alpha value is -4.59. The molecule has 3 heterocycles. The van der Waals surface area contributed by atoms with Gasteiger partial charge in [-0.05, 0) is 80.7 Å². The van der Waals surface area contributed by atoms with Gasteiger partial charge in [0, 0.05) is 18.0 Å². The summed E-state index contributed by atoms with van der Waals surface area (Å²) >= 11 is 0. The zero-order valence-corrected chi connectivity index (χ0v) is 21.9. The predicted molar refractivity (Wildman–Crippen MR) is 149 cm³/mol. The first-order valence-electron chi connectivity index (χ1n) is 12.9. The van der Waals surface area contributed by atoms with E-state index in [2.05, 4.69) is 38.0 Å². The number of hydrogen-bond donors (Lipinski definition) is 2. The molecule has 39 heavy (non-hydrogen) atoms. The van der Waals surface area contributed by atoms with Crippen LogP contribution in [0.3, 0.4) is 0 Å². The molecule has 10 nitrogen and oxygen atoms in total. The first-order chi connectivity index (χ1) is 19.0. The van der Waals surface area contributed by atoms with Crippen molar-refractivity contribution in [3.05, 3.63) is 83.8 Å². The molecule has 0 spiro atoms. The second-order valence-corrected chi connectivity index (χ2v) is 9.85. The smallest absolute Gasteiger partial charge is 0.240 e. The van der Waals surface area contributed by atoms with Crippen molar-refractivity contribution in [1.29, 1.82) is 5.26 Å². The summed E-state index contributed by atoms with van der Waals surface area (Å²) < 4.78 is 5.77. The fourth-order valence-corrected chi connectivity index (χ4v) is 4.67. The van der Waals surface area contributed by atoms with Crippen molar-refractivity contribution < 1.29 is 4.74 Å². The van der Waals surface area contributed by atoms with E-state index in [-0.39, 0.29) is 17.5 Å². The van der Waals surface area contributed by atoms with Gasteiger partial charge in [-0.3, -0.25) is 5.01 Å². The van der Waals surface area contributed by atoms with Crippen LogP contribution in [0.4, 0.5) is 11.6 Å². The Morgan fingerprint density at radius 3 is 2.56 bits per heavy atom. The lowest BCUT2D eigenvalue weighted by Crippen LogP contribution is -2.32. The van der Waals surface area contributed by atoms with Crippen molar-refractivity contribution in [3.8, 4) is 29.1 Å². The average molecular weight is 522 g/mol. The van der Waals surface area contributed by atoms with Gasteiger partial charge < -0.3 is 15.4 Å². The molecule has 2 aromatic carbocycles. The SMILES string of the molecule is CN1CCC(Cc2cnc(-c3cccc(CN(N)c4nc(Oc5cccc(C#N)c5)cnc4N)c3)nc2)CC1. The van der Waals surface area contributed by atoms with Gasteiger partial charge in [0.2, 0.25) is 5.88 Å². The van der Waals surface area contributed by atoms with Gasteiger partial charge in [0.1, 0.15) is 5.75 Å². The molecule has 0 bridgehead atoms. The Morgan fingerprint density at radius 2 is 1.79 bits per heavy atom. The molecule has 0 unspecified atom stereocenters. The van der Waals surface area contributed by atoms with Gasteiger partial charge in [-0.25, -0.2) is 20.8 Å². The highest BCUT2D eigenvalue weighted by Crippen LogP contribution is 2.26. The van der Waals surface area contributed by atoms with Crippen LogP contribution in [0, 0.1) is 17.2 Å². The number of nitriles is 1. The van der Waals surface area contributed by atoms with Gasteiger partial charge in [-0.15, -0.1) is 0 Å². The minimum atomic E-state index is 0.176. The largest absolute Gasteiger partial charge is 0.437 e. The Balaban J connectivity index is 1.26. The van der Waals surface area contributed by atoms with Crippen LogP contribution in [0.15, 0.2) is 67.1 Å². The Kier molecular flexibility index (Phi) is 7.91. The van der Waals surface area contributed by atoms with Gasteiger partial charge in [0.15, 0.2) is 17.5 Å². The molecule has 5 rings (SSSR count). The molecule has 4 aromatic rings. The van der Waals surface area contributed by atoms with Crippen molar-refractivity contribution in [1.82, 2.24) is 24.8 Å². The highest BCUT2D eigenvalue weighted by molar-refractivity contribution is 5.59. The number of nitrogens with two attached hydrogens (primary N) is 2. The second kappa shape index (κ2) is 11.9. The van der Waals surface area contributed by atoms with Crippen molar-refractivity contribution in [2.24, 2.45) is 11.8 Å². The monoisotopic (exact) mass is 521 g/mol. The summed E-state index contributed by atoms with van der Waals surface area (Å²) in [5.74, 6) is 8.86. The molecule has 2 aromatic heterocycles. The predicted octanol–water partition coefficient (Wildman–Crippen LogP) is 3.94. The van der Waals surface area contributed by atoms with Crippen molar-refractivity contribution in [2.75, 3.05) is 30.9 Å². The molecule has 0 amide bonds. The lowest BCUT2D eigenvalue weighted by molar-refractivity contribution is 0.219. The minimum absolute atomic E-state index is 0.176. The van der Waals surface area contributed by atoms with Gasteiger partial charge in [0.05, 0.1) is 24.4 Å². The molecule has 1 aliphatic heterocycles. The maximum atomic E-state index is 9.11. The van der Waals surface area contributed by atoms with Crippen LogP contribution >= 0.6 is 0 Å². The van der Waals surface area contributed by atoms with E-state index in [9.17, 15) is 0 Å². The number of anilines is 2. The maximum absolute atomic E-state index is 9.11. The number of aromatic nitrogens is 4. The number of rotatable bonds is 8. The van der Waals surface area contributed by atoms with Gasteiger partial charge >= 0.3 is 0 Å². The van der Waals surface area contributed by atoms with E-state index >= 15 is 0 Å². The summed E-state index contributed by atoms with van der Waals surface area (Å²) in [4.78, 5) is 20.3. The number of benzene rings is 2. The van der Waals surface area contributed by atoms with Crippen molar-refractivity contribution >= 4 is 11.6 Å². The number of nitrogen functional groups attached to an aromatic ring is 1. The summed E-state index contributed by atoms with van der Waals surface area (Å²) in [5.41, 5.74) is 9.57.